The van der Waals surface area contributed by atoms with Crippen molar-refractivity contribution >= 4 is 5.82 Å². The smallest absolute Gasteiger partial charge is 0.234 e. The quantitative estimate of drug-likeness (QED) is 0.823. The Kier molecular flexibility index (Phi) is 5.37. The van der Waals surface area contributed by atoms with E-state index in [2.05, 4.69) is 26.5 Å². The summed E-state index contributed by atoms with van der Waals surface area (Å²) in [6.45, 7) is 2.05. The lowest BCUT2D eigenvalue weighted by Crippen LogP contribution is -2.37. The van der Waals surface area contributed by atoms with Crippen molar-refractivity contribution in [2.75, 3.05) is 18.0 Å². The molecular weight excluding hydrogens is 326 g/mol. The zero-order valence-corrected chi connectivity index (χ0v) is 15.7. The maximum absolute atomic E-state index is 6.10. The van der Waals surface area contributed by atoms with E-state index in [9.17, 15) is 0 Å². The number of imidazole rings is 1. The van der Waals surface area contributed by atoms with Crippen molar-refractivity contribution in [3.05, 3.63) is 30.6 Å². The summed E-state index contributed by atoms with van der Waals surface area (Å²) in [5.41, 5.74) is 0. The van der Waals surface area contributed by atoms with Gasteiger partial charge in [0.1, 0.15) is 11.9 Å². The van der Waals surface area contributed by atoms with Crippen LogP contribution in [0, 0.1) is 5.92 Å². The number of aryl methyl sites for hydroxylation is 1. The number of ether oxygens (including phenoxy) is 1. The van der Waals surface area contributed by atoms with Crippen molar-refractivity contribution in [3.8, 4) is 5.88 Å². The molecular formula is C20H29N5O. The van der Waals surface area contributed by atoms with Crippen LogP contribution in [0.5, 0.6) is 5.88 Å². The molecule has 2 fully saturated rings. The van der Waals surface area contributed by atoms with Gasteiger partial charge in [-0.1, -0.05) is 6.42 Å². The van der Waals surface area contributed by atoms with Gasteiger partial charge in [0.2, 0.25) is 5.88 Å². The Morgan fingerprint density at radius 1 is 1.12 bits per heavy atom. The van der Waals surface area contributed by atoms with Crippen molar-refractivity contribution in [1.29, 1.82) is 0 Å². The van der Waals surface area contributed by atoms with Crippen LogP contribution in [0.1, 0.15) is 50.8 Å². The highest BCUT2D eigenvalue weighted by Crippen LogP contribution is 2.26. The van der Waals surface area contributed by atoms with E-state index >= 15 is 0 Å². The normalized spacial score (nSPS) is 21.7. The first kappa shape index (κ1) is 17.3. The second-order valence-electron chi connectivity index (χ2n) is 7.71. The molecule has 1 aliphatic heterocycles. The van der Waals surface area contributed by atoms with Gasteiger partial charge in [0, 0.05) is 39.0 Å². The van der Waals surface area contributed by atoms with E-state index in [1.54, 1.807) is 6.20 Å². The van der Waals surface area contributed by atoms with Crippen LogP contribution < -0.4 is 9.64 Å². The molecule has 0 spiro atoms. The van der Waals surface area contributed by atoms with Gasteiger partial charge in [0.25, 0.3) is 0 Å². The van der Waals surface area contributed by atoms with Crippen LogP contribution in [0.4, 0.5) is 5.82 Å². The Labute approximate surface area is 155 Å². The van der Waals surface area contributed by atoms with Crippen LogP contribution >= 0.6 is 0 Å². The van der Waals surface area contributed by atoms with Crippen LogP contribution in [0.3, 0.4) is 0 Å². The number of anilines is 1. The molecule has 2 aliphatic rings. The third-order valence-corrected chi connectivity index (χ3v) is 5.67. The molecule has 0 N–H and O–H groups in total. The molecule has 6 nitrogen and oxygen atoms in total. The maximum atomic E-state index is 6.10. The highest BCUT2D eigenvalue weighted by atomic mass is 16.5. The van der Waals surface area contributed by atoms with Crippen molar-refractivity contribution in [1.82, 2.24) is 19.5 Å². The molecule has 0 aromatic carbocycles. The molecule has 1 saturated carbocycles. The predicted octanol–water partition coefficient (Wildman–Crippen LogP) is 3.38. The van der Waals surface area contributed by atoms with Crippen LogP contribution in [0.15, 0.2) is 24.8 Å². The number of rotatable bonds is 5. The highest BCUT2D eigenvalue weighted by molar-refractivity contribution is 5.38. The van der Waals surface area contributed by atoms with Gasteiger partial charge in [-0.2, -0.15) is 4.98 Å². The number of piperidine rings is 1. The van der Waals surface area contributed by atoms with Crippen LogP contribution in [0.2, 0.25) is 0 Å². The Hall–Kier alpha value is -2.11. The second-order valence-corrected chi connectivity index (χ2v) is 7.71. The number of aromatic nitrogens is 4. The molecule has 1 unspecified atom stereocenters. The van der Waals surface area contributed by atoms with Gasteiger partial charge in [-0.25, -0.2) is 4.98 Å². The van der Waals surface area contributed by atoms with E-state index in [1.807, 2.05) is 18.6 Å². The summed E-state index contributed by atoms with van der Waals surface area (Å²) in [5.74, 6) is 3.40. The lowest BCUT2D eigenvalue weighted by Gasteiger charge is -2.33. The predicted molar refractivity (Wildman–Crippen MR) is 101 cm³/mol. The molecule has 4 rings (SSSR count). The summed E-state index contributed by atoms with van der Waals surface area (Å²) < 4.78 is 8.22. The summed E-state index contributed by atoms with van der Waals surface area (Å²) in [6.07, 6.45) is 17.4. The lowest BCUT2D eigenvalue weighted by atomic mass is 9.94. The fourth-order valence-electron chi connectivity index (χ4n) is 4.19. The zero-order valence-electron chi connectivity index (χ0n) is 15.7. The zero-order chi connectivity index (χ0) is 17.8. The van der Waals surface area contributed by atoms with E-state index in [-0.39, 0.29) is 0 Å². The summed E-state index contributed by atoms with van der Waals surface area (Å²) >= 11 is 0. The minimum atomic E-state index is 0.311. The molecule has 3 heterocycles. The summed E-state index contributed by atoms with van der Waals surface area (Å²) in [6, 6.07) is 0. The molecule has 140 valence electrons. The Balaban J connectivity index is 1.40. The van der Waals surface area contributed by atoms with Crippen molar-refractivity contribution < 1.29 is 4.74 Å². The molecule has 6 heteroatoms. The van der Waals surface area contributed by atoms with Gasteiger partial charge in [0.05, 0.1) is 12.4 Å². The molecule has 2 aromatic heterocycles. The Bertz CT molecular complexity index is 710. The monoisotopic (exact) mass is 355 g/mol. The van der Waals surface area contributed by atoms with Gasteiger partial charge in [-0.3, -0.25) is 4.98 Å². The molecule has 1 saturated heterocycles. The van der Waals surface area contributed by atoms with E-state index in [0.717, 1.165) is 44.0 Å². The third-order valence-electron chi connectivity index (χ3n) is 5.67. The fourth-order valence-corrected chi connectivity index (χ4v) is 4.19. The topological polar surface area (TPSA) is 56.1 Å². The van der Waals surface area contributed by atoms with Crippen molar-refractivity contribution in [2.45, 2.75) is 57.5 Å². The van der Waals surface area contributed by atoms with Gasteiger partial charge in [-0.05, 0) is 44.4 Å². The summed E-state index contributed by atoms with van der Waals surface area (Å²) in [4.78, 5) is 16.0. The molecule has 0 radical (unpaired) electrons. The molecule has 1 aliphatic carbocycles. The second kappa shape index (κ2) is 8.06. The molecule has 1 atom stereocenters. The largest absolute Gasteiger partial charge is 0.473 e. The van der Waals surface area contributed by atoms with E-state index in [4.69, 9.17) is 9.72 Å². The molecule has 26 heavy (non-hydrogen) atoms. The minimum absolute atomic E-state index is 0.311. The first-order valence-electron chi connectivity index (χ1n) is 9.98. The SMILES string of the molecule is Cn1ccnc1CC1CCCN(c2cncc(OC3CCCCC3)n2)C1. The average molecular weight is 355 g/mol. The van der Waals surface area contributed by atoms with Crippen LogP contribution in [-0.4, -0.2) is 38.7 Å². The van der Waals surface area contributed by atoms with Gasteiger partial charge < -0.3 is 14.2 Å². The summed E-state index contributed by atoms with van der Waals surface area (Å²) in [7, 11) is 2.07. The van der Waals surface area contributed by atoms with Crippen molar-refractivity contribution in [2.24, 2.45) is 13.0 Å². The number of nitrogens with zero attached hydrogens (tertiary/aromatic N) is 5. The molecule has 2 aromatic rings. The number of hydrogen-bond acceptors (Lipinski definition) is 5. The van der Waals surface area contributed by atoms with E-state index < -0.39 is 0 Å². The van der Waals surface area contributed by atoms with E-state index in [0.29, 0.717) is 17.9 Å². The summed E-state index contributed by atoms with van der Waals surface area (Å²) in [5, 5.41) is 0. The van der Waals surface area contributed by atoms with Crippen LogP contribution in [0.25, 0.3) is 0 Å². The molecule has 0 bridgehead atoms. The Morgan fingerprint density at radius 2 is 2.00 bits per heavy atom. The van der Waals surface area contributed by atoms with Crippen molar-refractivity contribution in [3.63, 3.8) is 0 Å². The number of hydrogen-bond donors (Lipinski definition) is 0. The highest BCUT2D eigenvalue weighted by Gasteiger charge is 2.23. The van der Waals surface area contributed by atoms with Gasteiger partial charge in [0.15, 0.2) is 5.82 Å². The van der Waals surface area contributed by atoms with Crippen LogP contribution in [-0.2, 0) is 13.5 Å². The first-order chi connectivity index (χ1) is 12.8. The lowest BCUT2D eigenvalue weighted by molar-refractivity contribution is 0.148. The average Bonchev–Trinajstić information content (AvgIpc) is 3.08. The maximum Gasteiger partial charge on any atom is 0.234 e. The fraction of sp³-hybridized carbons (Fsp3) is 0.650. The standard InChI is InChI=1S/C20H29N5O/c1-24-11-9-22-18(24)12-16-6-5-10-25(15-16)19-13-21-14-20(23-19)26-17-7-3-2-4-8-17/h9,11,13-14,16-17H,2-8,10,12,15H2,1H3. The minimum Gasteiger partial charge on any atom is -0.473 e. The first-order valence-corrected chi connectivity index (χ1v) is 9.98. The van der Waals surface area contributed by atoms with Gasteiger partial charge >= 0.3 is 0 Å². The van der Waals surface area contributed by atoms with Gasteiger partial charge in [-0.15, -0.1) is 0 Å². The third kappa shape index (κ3) is 4.17. The Morgan fingerprint density at radius 3 is 2.81 bits per heavy atom. The van der Waals surface area contributed by atoms with E-state index in [1.165, 1.54) is 32.1 Å². The molecule has 0 amide bonds.